The Labute approximate surface area is 133 Å². The molecule has 0 amide bonds. The Bertz CT molecular complexity index is 188. The van der Waals surface area contributed by atoms with Crippen LogP contribution in [0.15, 0.2) is 12.7 Å². The Balaban J connectivity index is 2.97. The lowest BCUT2D eigenvalue weighted by molar-refractivity contribution is 0.533. The van der Waals surface area contributed by atoms with Crippen molar-refractivity contribution in [2.24, 2.45) is 0 Å². The van der Waals surface area contributed by atoms with E-state index in [0.717, 1.165) is 6.42 Å². The second-order valence-corrected chi connectivity index (χ2v) is 6.70. The zero-order valence-electron chi connectivity index (χ0n) is 13.8. The zero-order valence-corrected chi connectivity index (χ0v) is 14.6. The van der Waals surface area contributed by atoms with E-state index in [1.54, 1.807) is 0 Å². The normalized spacial score (nSPS) is 12.5. The maximum Gasteiger partial charge on any atom is 0.0513 e. The van der Waals surface area contributed by atoms with Crippen LogP contribution in [-0.2, 0) is 0 Å². The van der Waals surface area contributed by atoms with Gasteiger partial charge in [-0.15, -0.1) is 18.2 Å². The summed E-state index contributed by atoms with van der Waals surface area (Å²) in [5, 5.41) is 0.187. The van der Waals surface area contributed by atoms with Crippen LogP contribution < -0.4 is 0 Å². The van der Waals surface area contributed by atoms with E-state index in [1.807, 2.05) is 6.08 Å². The summed E-state index contributed by atoms with van der Waals surface area (Å²) >= 11 is 6.00. The first-order chi connectivity index (χ1) is 9.81. The Morgan fingerprint density at radius 1 is 0.700 bits per heavy atom. The van der Waals surface area contributed by atoms with Gasteiger partial charge in [-0.25, -0.2) is 0 Å². The van der Waals surface area contributed by atoms with E-state index < -0.39 is 0 Å². The van der Waals surface area contributed by atoms with Crippen LogP contribution >= 0.6 is 11.6 Å². The number of rotatable bonds is 16. The second-order valence-electron chi connectivity index (χ2n) is 6.14. The fourth-order valence-electron chi connectivity index (χ4n) is 2.65. The molecule has 0 aliphatic heterocycles. The summed E-state index contributed by atoms with van der Waals surface area (Å²) in [5.41, 5.74) is 0. The molecule has 0 heterocycles. The summed E-state index contributed by atoms with van der Waals surface area (Å²) in [6, 6.07) is 0. The highest BCUT2D eigenvalue weighted by molar-refractivity contribution is 6.21. The van der Waals surface area contributed by atoms with Gasteiger partial charge in [0.05, 0.1) is 5.38 Å². The maximum atomic E-state index is 6.00. The molecular formula is C19H37Cl. The third-order valence-electron chi connectivity index (χ3n) is 4.09. The Hall–Kier alpha value is 0.0300. The first-order valence-corrected chi connectivity index (χ1v) is 9.51. The van der Waals surface area contributed by atoms with E-state index in [9.17, 15) is 0 Å². The van der Waals surface area contributed by atoms with Crippen LogP contribution in [0, 0.1) is 0 Å². The smallest absolute Gasteiger partial charge is 0.0513 e. The van der Waals surface area contributed by atoms with Gasteiger partial charge in [0.1, 0.15) is 0 Å². The van der Waals surface area contributed by atoms with Crippen molar-refractivity contribution in [3.8, 4) is 0 Å². The first-order valence-electron chi connectivity index (χ1n) is 9.08. The van der Waals surface area contributed by atoms with Crippen molar-refractivity contribution in [1.29, 1.82) is 0 Å². The molecule has 1 heteroatoms. The minimum atomic E-state index is 0.187. The third kappa shape index (κ3) is 16.1. The number of unbranched alkanes of at least 4 members (excludes halogenated alkanes) is 13. The van der Waals surface area contributed by atoms with E-state index in [1.165, 1.54) is 89.9 Å². The molecule has 0 aliphatic carbocycles. The van der Waals surface area contributed by atoms with Crippen molar-refractivity contribution < 1.29 is 0 Å². The van der Waals surface area contributed by atoms with Gasteiger partial charge in [-0.3, -0.25) is 0 Å². The molecule has 0 saturated carbocycles. The van der Waals surface area contributed by atoms with Crippen molar-refractivity contribution in [2.75, 3.05) is 0 Å². The molecule has 0 fully saturated rings. The molecule has 0 N–H and O–H groups in total. The molecule has 0 aromatic heterocycles. The SMILES string of the molecule is C=CC(Cl)CCCCCCCCCCCCCCCC. The van der Waals surface area contributed by atoms with Gasteiger partial charge >= 0.3 is 0 Å². The number of alkyl halides is 1. The van der Waals surface area contributed by atoms with Gasteiger partial charge in [-0.05, 0) is 6.42 Å². The van der Waals surface area contributed by atoms with Gasteiger partial charge in [0.2, 0.25) is 0 Å². The van der Waals surface area contributed by atoms with E-state index >= 15 is 0 Å². The van der Waals surface area contributed by atoms with Crippen LogP contribution in [0.3, 0.4) is 0 Å². The monoisotopic (exact) mass is 300 g/mol. The summed E-state index contributed by atoms with van der Waals surface area (Å²) in [6.07, 6.45) is 22.8. The van der Waals surface area contributed by atoms with Gasteiger partial charge < -0.3 is 0 Å². The van der Waals surface area contributed by atoms with Crippen LogP contribution in [0.5, 0.6) is 0 Å². The molecular weight excluding hydrogens is 264 g/mol. The minimum absolute atomic E-state index is 0.187. The molecule has 0 bridgehead atoms. The van der Waals surface area contributed by atoms with Crippen molar-refractivity contribution in [3.63, 3.8) is 0 Å². The van der Waals surface area contributed by atoms with Crippen LogP contribution in [0.4, 0.5) is 0 Å². The lowest BCUT2D eigenvalue weighted by atomic mass is 10.0. The zero-order chi connectivity index (χ0) is 14.9. The van der Waals surface area contributed by atoms with Crippen LogP contribution in [0.2, 0.25) is 0 Å². The van der Waals surface area contributed by atoms with E-state index in [2.05, 4.69) is 13.5 Å². The summed E-state index contributed by atoms with van der Waals surface area (Å²) in [5.74, 6) is 0. The number of hydrogen-bond donors (Lipinski definition) is 0. The molecule has 0 saturated heterocycles. The fraction of sp³-hybridized carbons (Fsp3) is 0.895. The molecule has 1 atom stereocenters. The maximum absolute atomic E-state index is 6.00. The van der Waals surface area contributed by atoms with Gasteiger partial charge in [-0.1, -0.05) is 103 Å². The highest BCUT2D eigenvalue weighted by Crippen LogP contribution is 2.14. The Morgan fingerprint density at radius 2 is 1.05 bits per heavy atom. The Kier molecular flexibility index (Phi) is 17.1. The molecule has 0 rings (SSSR count). The van der Waals surface area contributed by atoms with Crippen molar-refractivity contribution >= 4 is 11.6 Å². The van der Waals surface area contributed by atoms with Gasteiger partial charge in [-0.2, -0.15) is 0 Å². The lowest BCUT2D eigenvalue weighted by Crippen LogP contribution is -1.92. The molecule has 120 valence electrons. The molecule has 0 radical (unpaired) electrons. The molecule has 20 heavy (non-hydrogen) atoms. The van der Waals surface area contributed by atoms with Crippen molar-refractivity contribution in [3.05, 3.63) is 12.7 Å². The predicted molar refractivity (Wildman–Crippen MR) is 94.8 cm³/mol. The summed E-state index contributed by atoms with van der Waals surface area (Å²) < 4.78 is 0. The standard InChI is InChI=1S/C19H37Cl/c1-3-5-6-7-8-9-10-11-12-13-14-15-16-17-18-19(20)4-2/h4,19H,2-3,5-18H2,1H3. The second kappa shape index (κ2) is 17.1. The van der Waals surface area contributed by atoms with Gasteiger partial charge in [0.15, 0.2) is 0 Å². The third-order valence-corrected chi connectivity index (χ3v) is 4.49. The average molecular weight is 301 g/mol. The summed E-state index contributed by atoms with van der Waals surface area (Å²) in [7, 11) is 0. The number of allylic oxidation sites excluding steroid dienone is 1. The minimum Gasteiger partial charge on any atom is -0.118 e. The molecule has 0 spiro atoms. The predicted octanol–water partition coefficient (Wildman–Crippen LogP) is 7.65. The summed E-state index contributed by atoms with van der Waals surface area (Å²) in [6.45, 7) is 6.00. The number of halogens is 1. The fourth-order valence-corrected chi connectivity index (χ4v) is 2.81. The summed E-state index contributed by atoms with van der Waals surface area (Å²) in [4.78, 5) is 0. The highest BCUT2D eigenvalue weighted by Gasteiger charge is 1.98. The van der Waals surface area contributed by atoms with Crippen molar-refractivity contribution in [2.45, 2.75) is 109 Å². The molecule has 0 aromatic carbocycles. The largest absolute Gasteiger partial charge is 0.118 e. The quantitative estimate of drug-likeness (QED) is 0.156. The molecule has 0 aromatic rings. The highest BCUT2D eigenvalue weighted by atomic mass is 35.5. The van der Waals surface area contributed by atoms with Crippen LogP contribution in [-0.4, -0.2) is 5.38 Å². The number of hydrogen-bond acceptors (Lipinski definition) is 0. The van der Waals surface area contributed by atoms with E-state index in [4.69, 9.17) is 11.6 Å². The average Bonchev–Trinajstić information content (AvgIpc) is 2.47. The molecule has 0 nitrogen and oxygen atoms in total. The topological polar surface area (TPSA) is 0 Å². The Morgan fingerprint density at radius 3 is 1.40 bits per heavy atom. The first kappa shape index (κ1) is 20.0. The van der Waals surface area contributed by atoms with Crippen LogP contribution in [0.1, 0.15) is 103 Å². The van der Waals surface area contributed by atoms with Crippen molar-refractivity contribution in [1.82, 2.24) is 0 Å². The van der Waals surface area contributed by atoms with Gasteiger partial charge in [0.25, 0.3) is 0 Å². The van der Waals surface area contributed by atoms with E-state index in [0.29, 0.717) is 0 Å². The van der Waals surface area contributed by atoms with Crippen LogP contribution in [0.25, 0.3) is 0 Å². The van der Waals surface area contributed by atoms with Gasteiger partial charge in [0, 0.05) is 0 Å². The lowest BCUT2D eigenvalue weighted by Gasteiger charge is -2.04. The molecule has 1 unspecified atom stereocenters. The molecule has 0 aliphatic rings. The van der Waals surface area contributed by atoms with E-state index in [-0.39, 0.29) is 5.38 Å².